The molecule has 0 aromatic carbocycles. The van der Waals surface area contributed by atoms with E-state index >= 15 is 0 Å². The van der Waals surface area contributed by atoms with Crippen LogP contribution in [0, 0.1) is 5.82 Å². The fourth-order valence-electron chi connectivity index (χ4n) is 2.12. The predicted octanol–water partition coefficient (Wildman–Crippen LogP) is 0.205. The molecule has 1 aliphatic heterocycles. The summed E-state index contributed by atoms with van der Waals surface area (Å²) in [5, 5.41) is 5.74. The van der Waals surface area contributed by atoms with Gasteiger partial charge in [0, 0.05) is 25.1 Å². The first-order valence-corrected chi connectivity index (χ1v) is 6.74. The molecule has 1 saturated heterocycles. The van der Waals surface area contributed by atoms with Gasteiger partial charge in [-0.25, -0.2) is 4.39 Å². The Bertz CT molecular complexity index is 530. The van der Waals surface area contributed by atoms with E-state index < -0.39 is 11.7 Å². The van der Waals surface area contributed by atoms with E-state index in [-0.39, 0.29) is 19.1 Å². The highest BCUT2D eigenvalue weighted by Gasteiger charge is 2.20. The summed E-state index contributed by atoms with van der Waals surface area (Å²) in [6.07, 6.45) is 2.62. The zero-order valence-electron chi connectivity index (χ0n) is 11.7. The van der Waals surface area contributed by atoms with Crippen molar-refractivity contribution in [2.75, 3.05) is 31.6 Å². The number of ether oxygens (including phenoxy) is 1. The fraction of sp³-hybridized carbons (Fsp3) is 0.429. The minimum atomic E-state index is -0.491. The highest BCUT2D eigenvalue weighted by Crippen LogP contribution is 2.23. The number of anilines is 1. The van der Waals surface area contributed by atoms with Crippen molar-refractivity contribution in [1.82, 2.24) is 10.3 Å². The van der Waals surface area contributed by atoms with Crippen LogP contribution in [0.4, 0.5) is 10.1 Å². The molecule has 0 radical (unpaired) electrons. The molecule has 1 amide bonds. The summed E-state index contributed by atoms with van der Waals surface area (Å²) in [7, 11) is 0. The maximum absolute atomic E-state index is 14.0. The largest absolute Gasteiger partial charge is 0.371 e. The van der Waals surface area contributed by atoms with Gasteiger partial charge in [0.1, 0.15) is 5.82 Å². The van der Waals surface area contributed by atoms with Crippen LogP contribution in [0.5, 0.6) is 0 Å². The molecule has 1 fully saturated rings. The van der Waals surface area contributed by atoms with E-state index in [1.807, 2.05) is 0 Å². The zero-order chi connectivity index (χ0) is 15.2. The maximum atomic E-state index is 14.0. The molecule has 0 bridgehead atoms. The minimum absolute atomic E-state index is 0.163. The summed E-state index contributed by atoms with van der Waals surface area (Å²) in [6, 6.07) is 0. The fourth-order valence-corrected chi connectivity index (χ4v) is 2.12. The molecule has 1 aromatic rings. The van der Waals surface area contributed by atoms with Crippen LogP contribution in [0.2, 0.25) is 0 Å². The molecule has 6 nitrogen and oxygen atoms in total. The van der Waals surface area contributed by atoms with Gasteiger partial charge in [0.25, 0.3) is 0 Å². The Morgan fingerprint density at radius 1 is 1.62 bits per heavy atom. The molecule has 114 valence electrons. The van der Waals surface area contributed by atoms with Crippen molar-refractivity contribution < 1.29 is 13.9 Å². The van der Waals surface area contributed by atoms with Crippen molar-refractivity contribution >= 4 is 11.6 Å². The van der Waals surface area contributed by atoms with E-state index in [1.165, 1.54) is 6.20 Å². The summed E-state index contributed by atoms with van der Waals surface area (Å²) in [5.41, 5.74) is 6.65. The highest BCUT2D eigenvalue weighted by atomic mass is 19.1. The number of morpholine rings is 1. The molecule has 1 aromatic heterocycles. The molecule has 21 heavy (non-hydrogen) atoms. The van der Waals surface area contributed by atoms with E-state index in [9.17, 15) is 9.18 Å². The molecule has 1 aliphatic rings. The van der Waals surface area contributed by atoms with Crippen LogP contribution >= 0.6 is 0 Å². The van der Waals surface area contributed by atoms with E-state index in [1.54, 1.807) is 0 Å². The highest BCUT2D eigenvalue weighted by molar-refractivity contribution is 5.92. The third-order valence-electron chi connectivity index (χ3n) is 3.25. The first-order chi connectivity index (χ1) is 10.1. The second-order valence-electron chi connectivity index (χ2n) is 4.80. The number of pyridine rings is 1. The Kier molecular flexibility index (Phi) is 5.38. The molecule has 1 unspecified atom stereocenters. The number of nitrogens with one attached hydrogen (secondary N) is 2. The summed E-state index contributed by atoms with van der Waals surface area (Å²) in [5.74, 6) is -0.889. The molecule has 2 rings (SSSR count). The van der Waals surface area contributed by atoms with Gasteiger partial charge >= 0.3 is 0 Å². The lowest BCUT2D eigenvalue weighted by Gasteiger charge is -2.26. The van der Waals surface area contributed by atoms with Crippen molar-refractivity contribution in [1.29, 1.82) is 0 Å². The minimum Gasteiger partial charge on any atom is -0.371 e. The summed E-state index contributed by atoms with van der Waals surface area (Å²) < 4.78 is 19.6. The van der Waals surface area contributed by atoms with E-state index in [0.29, 0.717) is 24.4 Å². The number of nitrogens with zero attached hydrogens (tertiary/aromatic N) is 1. The van der Waals surface area contributed by atoms with Gasteiger partial charge in [-0.15, -0.1) is 0 Å². The predicted molar refractivity (Wildman–Crippen MR) is 77.3 cm³/mol. The average Bonchev–Trinajstić information content (AvgIpc) is 2.51. The number of halogens is 1. The van der Waals surface area contributed by atoms with Crippen molar-refractivity contribution in [3.8, 4) is 0 Å². The summed E-state index contributed by atoms with van der Waals surface area (Å²) in [6.45, 7) is 5.83. The van der Waals surface area contributed by atoms with Gasteiger partial charge in [-0.1, -0.05) is 6.58 Å². The summed E-state index contributed by atoms with van der Waals surface area (Å²) >= 11 is 0. The number of amides is 1. The first-order valence-electron chi connectivity index (χ1n) is 6.74. The Morgan fingerprint density at radius 2 is 2.43 bits per heavy atom. The van der Waals surface area contributed by atoms with E-state index in [4.69, 9.17) is 10.5 Å². The van der Waals surface area contributed by atoms with Crippen LogP contribution < -0.4 is 16.4 Å². The quantitative estimate of drug-likeness (QED) is 0.675. The van der Waals surface area contributed by atoms with Crippen molar-refractivity contribution in [3.63, 3.8) is 0 Å². The normalized spacial score (nSPS) is 18.3. The van der Waals surface area contributed by atoms with Crippen LogP contribution in [0.25, 0.3) is 0 Å². The molecular formula is C14H19FN4O2. The van der Waals surface area contributed by atoms with Gasteiger partial charge in [0.15, 0.2) is 0 Å². The second kappa shape index (κ2) is 7.26. The van der Waals surface area contributed by atoms with Crippen molar-refractivity contribution in [2.24, 2.45) is 5.73 Å². The monoisotopic (exact) mass is 294 g/mol. The van der Waals surface area contributed by atoms with Gasteiger partial charge in [-0.2, -0.15) is 0 Å². The Morgan fingerprint density at radius 3 is 3.10 bits per heavy atom. The van der Waals surface area contributed by atoms with E-state index in [2.05, 4.69) is 22.2 Å². The maximum Gasteiger partial charge on any atom is 0.238 e. The van der Waals surface area contributed by atoms with Gasteiger partial charge in [-0.05, 0) is 5.57 Å². The SMILES string of the molecule is C=C(Cc1c(F)cncc1NC(=O)CN)C1CNCCO1. The molecule has 7 heteroatoms. The van der Waals surface area contributed by atoms with Crippen molar-refractivity contribution in [2.45, 2.75) is 12.5 Å². The van der Waals surface area contributed by atoms with Crippen LogP contribution in [-0.4, -0.2) is 43.2 Å². The third-order valence-corrected chi connectivity index (χ3v) is 3.25. The Balaban J connectivity index is 2.14. The number of carbonyl (C=O) groups is 1. The molecule has 1 atom stereocenters. The third kappa shape index (κ3) is 4.07. The smallest absolute Gasteiger partial charge is 0.238 e. The number of hydrogen-bond donors (Lipinski definition) is 3. The van der Waals surface area contributed by atoms with Gasteiger partial charge < -0.3 is 21.1 Å². The Labute approximate surface area is 122 Å². The van der Waals surface area contributed by atoms with Crippen molar-refractivity contribution in [3.05, 3.63) is 35.9 Å². The van der Waals surface area contributed by atoms with E-state index in [0.717, 1.165) is 18.3 Å². The standard InChI is InChI=1S/C14H19FN4O2/c1-9(13-8-17-2-3-21-13)4-10-11(15)6-18-7-12(10)19-14(20)5-16/h6-7,13,17H,1-5,8,16H2,(H,19,20). The number of hydrogen-bond acceptors (Lipinski definition) is 5. The number of carbonyl (C=O) groups excluding carboxylic acids is 1. The topological polar surface area (TPSA) is 89.3 Å². The van der Waals surface area contributed by atoms with Crippen LogP contribution in [-0.2, 0) is 16.0 Å². The lowest BCUT2D eigenvalue weighted by atomic mass is 10.0. The first kappa shape index (κ1) is 15.6. The average molecular weight is 294 g/mol. The Hall–Kier alpha value is -1.83. The lowest BCUT2D eigenvalue weighted by molar-refractivity contribution is -0.114. The molecule has 4 N–H and O–H groups in total. The van der Waals surface area contributed by atoms with Gasteiger partial charge in [0.2, 0.25) is 5.91 Å². The lowest BCUT2D eigenvalue weighted by Crippen LogP contribution is -2.39. The van der Waals surface area contributed by atoms with Crippen LogP contribution in [0.1, 0.15) is 5.56 Å². The molecule has 0 saturated carbocycles. The number of aromatic nitrogens is 1. The van der Waals surface area contributed by atoms with Crippen LogP contribution in [0.3, 0.4) is 0 Å². The molecule has 0 aliphatic carbocycles. The molecule has 2 heterocycles. The van der Waals surface area contributed by atoms with Gasteiger partial charge in [-0.3, -0.25) is 9.78 Å². The van der Waals surface area contributed by atoms with Gasteiger partial charge in [0.05, 0.1) is 37.3 Å². The number of rotatable bonds is 5. The second-order valence-corrected chi connectivity index (χ2v) is 4.80. The molecule has 0 spiro atoms. The van der Waals surface area contributed by atoms with Crippen LogP contribution in [0.15, 0.2) is 24.5 Å². The zero-order valence-corrected chi connectivity index (χ0v) is 11.7. The molecular weight excluding hydrogens is 275 g/mol. The number of nitrogens with two attached hydrogens (primary N) is 1. The summed E-state index contributed by atoms with van der Waals surface area (Å²) in [4.78, 5) is 15.1.